The maximum atomic E-state index is 11.3. The quantitative estimate of drug-likeness (QED) is 0.414. The summed E-state index contributed by atoms with van der Waals surface area (Å²) in [7, 11) is 3.98. The number of ether oxygens (including phenoxy) is 1. The summed E-state index contributed by atoms with van der Waals surface area (Å²) in [6.45, 7) is 10.4. The second-order valence-electron chi connectivity index (χ2n) is 5.45. The summed E-state index contributed by atoms with van der Waals surface area (Å²) in [5, 5.41) is 0. The van der Waals surface area contributed by atoms with E-state index in [4.69, 9.17) is 9.57 Å². The first-order chi connectivity index (χ1) is 7.10. The fraction of sp³-hybridized carbons (Fsp3) is 0.917. The Hall–Kier alpha value is -0.610. The number of hydrogen-bond donors (Lipinski definition) is 0. The molecule has 0 aromatic carbocycles. The van der Waals surface area contributed by atoms with E-state index in [0.717, 1.165) is 0 Å². The average molecular weight is 232 g/mol. The molecule has 1 unspecified atom stereocenters. The molecule has 0 spiro atoms. The Kier molecular flexibility index (Phi) is 5.42. The number of nitrogens with zero attached hydrogens (tertiary/aromatic N) is 1. The maximum absolute atomic E-state index is 11.3. The summed E-state index contributed by atoms with van der Waals surface area (Å²) in [4.78, 5) is 17.1. The van der Waals surface area contributed by atoms with Gasteiger partial charge >= 0.3 is 5.97 Å². The van der Waals surface area contributed by atoms with Crippen molar-refractivity contribution in [2.45, 2.75) is 52.7 Å². The number of quaternary nitrogens is 1. The molecule has 0 saturated carbocycles. The number of carbonyl (C=O) groups excluding carboxylic acids is 1. The first-order valence-electron chi connectivity index (χ1n) is 5.78. The molecule has 1 atom stereocenters. The Balaban J connectivity index is 4.24. The van der Waals surface area contributed by atoms with Gasteiger partial charge in [-0.05, 0) is 34.6 Å². The highest BCUT2D eigenvalue weighted by molar-refractivity contribution is 5.69. The van der Waals surface area contributed by atoms with Crippen molar-refractivity contribution in [3.05, 3.63) is 0 Å². The van der Waals surface area contributed by atoms with Gasteiger partial charge in [-0.2, -0.15) is 9.48 Å². The van der Waals surface area contributed by atoms with Gasteiger partial charge in [0, 0.05) is 0 Å². The van der Waals surface area contributed by atoms with Crippen molar-refractivity contribution in [1.82, 2.24) is 0 Å². The molecule has 4 nitrogen and oxygen atoms in total. The van der Waals surface area contributed by atoms with Gasteiger partial charge in [0.15, 0.2) is 0 Å². The Bertz CT molecular complexity index is 231. The van der Waals surface area contributed by atoms with Crippen LogP contribution in [0.1, 0.15) is 41.0 Å². The summed E-state index contributed by atoms with van der Waals surface area (Å²) in [5.41, 5.74) is -0.0249. The average Bonchev–Trinajstić information content (AvgIpc) is 1.99. The van der Waals surface area contributed by atoms with E-state index < -0.39 is 0 Å². The number of rotatable bonds is 5. The fourth-order valence-electron chi connectivity index (χ4n) is 1.10. The molecule has 0 heterocycles. The predicted molar refractivity (Wildman–Crippen MR) is 63.7 cm³/mol. The Morgan fingerprint density at radius 2 is 1.81 bits per heavy atom. The van der Waals surface area contributed by atoms with Crippen molar-refractivity contribution in [1.29, 1.82) is 0 Å². The normalized spacial score (nSPS) is 14.7. The molecule has 0 aromatic heterocycles. The lowest BCUT2D eigenvalue weighted by Gasteiger charge is -2.40. The fourth-order valence-corrected chi connectivity index (χ4v) is 1.10. The van der Waals surface area contributed by atoms with Crippen LogP contribution >= 0.6 is 0 Å². The minimum Gasteiger partial charge on any atom is -0.466 e. The van der Waals surface area contributed by atoms with Crippen LogP contribution in [-0.4, -0.2) is 43.0 Å². The zero-order valence-electron chi connectivity index (χ0n) is 11.7. The van der Waals surface area contributed by atoms with Crippen LogP contribution in [0.4, 0.5) is 0 Å². The molecule has 0 aliphatic heterocycles. The third-order valence-electron chi connectivity index (χ3n) is 2.82. The maximum Gasteiger partial charge on any atom is 0.308 e. The summed E-state index contributed by atoms with van der Waals surface area (Å²) in [5.74, 6) is -0.205. The number of hydrogen-bond acceptors (Lipinski definition) is 3. The topological polar surface area (TPSA) is 35.5 Å². The van der Waals surface area contributed by atoms with Crippen molar-refractivity contribution in [3.63, 3.8) is 0 Å². The molecule has 0 rings (SSSR count). The Morgan fingerprint density at radius 3 is 2.19 bits per heavy atom. The molecule has 16 heavy (non-hydrogen) atoms. The van der Waals surface area contributed by atoms with Crippen LogP contribution in [0.3, 0.4) is 0 Å². The summed E-state index contributed by atoms with van der Waals surface area (Å²) in [6.07, 6.45) is 0.152. The van der Waals surface area contributed by atoms with Gasteiger partial charge in [0.05, 0.1) is 27.1 Å². The van der Waals surface area contributed by atoms with Crippen LogP contribution in [0, 0.1) is 0 Å². The molecule has 4 heteroatoms. The minimum absolute atomic E-state index is 0.0249. The summed E-state index contributed by atoms with van der Waals surface area (Å²) in [6, 6.07) is 0. The summed E-state index contributed by atoms with van der Waals surface area (Å²) < 4.78 is 5.30. The van der Waals surface area contributed by atoms with Gasteiger partial charge in [0.1, 0.15) is 11.6 Å². The van der Waals surface area contributed by atoms with Crippen LogP contribution in [0.25, 0.3) is 0 Å². The van der Waals surface area contributed by atoms with Gasteiger partial charge in [-0.1, -0.05) is 0 Å². The van der Waals surface area contributed by atoms with Crippen molar-refractivity contribution in [3.8, 4) is 0 Å². The summed E-state index contributed by atoms with van der Waals surface area (Å²) >= 11 is 0. The third-order valence-corrected chi connectivity index (χ3v) is 2.82. The highest BCUT2D eigenvalue weighted by atomic mass is 16.7. The van der Waals surface area contributed by atoms with E-state index in [0.29, 0.717) is 17.7 Å². The highest BCUT2D eigenvalue weighted by Crippen LogP contribution is 2.22. The molecule has 96 valence electrons. The van der Waals surface area contributed by atoms with Gasteiger partial charge in [-0.25, -0.2) is 0 Å². The lowest BCUT2D eigenvalue weighted by atomic mass is 10.1. The lowest BCUT2D eigenvalue weighted by Crippen LogP contribution is -2.55. The van der Waals surface area contributed by atoms with Crippen LogP contribution in [0.2, 0.25) is 0 Å². The van der Waals surface area contributed by atoms with Crippen molar-refractivity contribution < 1.29 is 19.0 Å². The molecular formula is C12H26NO3+. The highest BCUT2D eigenvalue weighted by Gasteiger charge is 2.36. The molecule has 0 aliphatic carbocycles. The van der Waals surface area contributed by atoms with E-state index in [1.807, 2.05) is 21.0 Å². The van der Waals surface area contributed by atoms with Gasteiger partial charge < -0.3 is 4.74 Å². The molecular weight excluding hydrogens is 206 g/mol. The molecule has 0 saturated heterocycles. The molecule has 0 aromatic rings. The minimum atomic E-state index is -0.205. The number of hydroxylamine groups is 3. The second-order valence-corrected chi connectivity index (χ2v) is 5.45. The third kappa shape index (κ3) is 4.94. The van der Waals surface area contributed by atoms with Crippen LogP contribution in [0.15, 0.2) is 0 Å². The molecule has 0 N–H and O–H groups in total. The van der Waals surface area contributed by atoms with Crippen LogP contribution in [-0.2, 0) is 14.4 Å². The van der Waals surface area contributed by atoms with Crippen molar-refractivity contribution >= 4 is 5.97 Å². The Morgan fingerprint density at radius 1 is 1.31 bits per heavy atom. The van der Waals surface area contributed by atoms with E-state index in [2.05, 4.69) is 20.8 Å². The van der Waals surface area contributed by atoms with E-state index in [-0.39, 0.29) is 17.6 Å². The molecule has 0 fully saturated rings. The van der Waals surface area contributed by atoms with Crippen LogP contribution < -0.4 is 0 Å². The van der Waals surface area contributed by atoms with Crippen LogP contribution in [0.5, 0.6) is 0 Å². The monoisotopic (exact) mass is 232 g/mol. The van der Waals surface area contributed by atoms with Gasteiger partial charge in [-0.3, -0.25) is 4.79 Å². The van der Waals surface area contributed by atoms with Gasteiger partial charge in [0.25, 0.3) is 0 Å². The van der Waals surface area contributed by atoms with E-state index >= 15 is 0 Å². The smallest absolute Gasteiger partial charge is 0.308 e. The lowest BCUT2D eigenvalue weighted by molar-refractivity contribution is -1.11. The largest absolute Gasteiger partial charge is 0.466 e. The standard InChI is InChI=1S/C12H26NO3/c1-8-15-11(14)9-10(2)16-13(6,7)12(3,4)5/h10H,8-9H2,1-7H3/q+1. The van der Waals surface area contributed by atoms with Gasteiger partial charge in [-0.15, -0.1) is 0 Å². The van der Waals surface area contributed by atoms with Crippen molar-refractivity contribution in [2.75, 3.05) is 20.7 Å². The molecule has 0 amide bonds. The SMILES string of the molecule is CCOC(=O)CC(C)O[N+](C)(C)C(C)(C)C. The van der Waals surface area contributed by atoms with Crippen molar-refractivity contribution in [2.24, 2.45) is 0 Å². The first kappa shape index (κ1) is 15.4. The first-order valence-corrected chi connectivity index (χ1v) is 5.78. The van der Waals surface area contributed by atoms with E-state index in [1.165, 1.54) is 0 Å². The molecule has 0 bridgehead atoms. The number of carbonyl (C=O) groups is 1. The number of esters is 1. The molecule has 0 aliphatic rings. The van der Waals surface area contributed by atoms with E-state index in [9.17, 15) is 4.79 Å². The zero-order chi connectivity index (χ0) is 13.0. The zero-order valence-corrected chi connectivity index (χ0v) is 11.7. The van der Waals surface area contributed by atoms with Gasteiger partial charge in [0.2, 0.25) is 0 Å². The second kappa shape index (κ2) is 5.64. The Labute approximate surface area is 99.1 Å². The molecule has 0 radical (unpaired) electrons. The predicted octanol–water partition coefficient (Wildman–Crippen LogP) is 2.13. The van der Waals surface area contributed by atoms with E-state index in [1.54, 1.807) is 6.92 Å².